The molecule has 0 atom stereocenters. The van der Waals surface area contributed by atoms with E-state index in [1.165, 1.54) is 55.9 Å². The lowest BCUT2D eigenvalue weighted by atomic mass is 9.78. The summed E-state index contributed by atoms with van der Waals surface area (Å²) in [7, 11) is 4.14. The van der Waals surface area contributed by atoms with Crippen molar-refractivity contribution in [2.45, 2.75) is 276 Å². The number of hydrogen-bond acceptors (Lipinski definition) is 10. The van der Waals surface area contributed by atoms with Crippen LogP contribution in [0.2, 0.25) is 0 Å². The molecule has 15 aromatic rings. The summed E-state index contributed by atoms with van der Waals surface area (Å²) >= 11 is 0. The molecule has 0 radical (unpaired) electrons. The van der Waals surface area contributed by atoms with Gasteiger partial charge in [-0.3, -0.25) is 0 Å². The van der Waals surface area contributed by atoms with E-state index in [2.05, 4.69) is 386 Å². The average molecular weight is 1710 g/mol. The fourth-order valence-corrected chi connectivity index (χ4v) is 16.5. The molecule has 0 aliphatic heterocycles. The number of para-hydroxylation sites is 10. The van der Waals surface area contributed by atoms with Crippen LogP contribution in [0.1, 0.15) is 322 Å². The number of rotatable bonds is 24. The maximum absolute atomic E-state index is 6.38. The minimum Gasteiger partial charge on any atom is -0.409 e. The Hall–Kier alpha value is -11.8. The quantitative estimate of drug-likeness (QED) is 0.0540. The molecule has 6 heterocycles. The van der Waals surface area contributed by atoms with Gasteiger partial charge in [0.2, 0.25) is 23.6 Å². The lowest BCUT2D eigenvalue weighted by molar-refractivity contribution is -0.729. The molecule has 0 aliphatic carbocycles. The molecule has 0 aliphatic rings. The molecule has 0 fully saturated rings. The first kappa shape index (κ1) is 96.4. The monoisotopic (exact) mass is 1710 g/mol. The van der Waals surface area contributed by atoms with Crippen molar-refractivity contribution in [1.29, 1.82) is 0 Å². The fourth-order valence-electron chi connectivity index (χ4n) is 16.5. The molecule has 666 valence electrons. The summed E-state index contributed by atoms with van der Waals surface area (Å²) in [6.45, 7) is 61.5. The van der Waals surface area contributed by atoms with Crippen LogP contribution in [0.15, 0.2) is 282 Å². The van der Waals surface area contributed by atoms with Crippen molar-refractivity contribution in [3.8, 4) is 23.7 Å². The minimum absolute atomic E-state index is 0.144. The normalized spacial score (nSPS) is 11.8. The first-order valence-electron chi connectivity index (χ1n) is 45.5. The van der Waals surface area contributed by atoms with E-state index in [-0.39, 0.29) is 16.9 Å². The van der Waals surface area contributed by atoms with Crippen LogP contribution in [0.25, 0.3) is 33.3 Å². The SMILES string of the molecule is CC(C)c1ccccc1C(C)(C)c1oc2ccccc2[n+]1C(C)C.CC(C)c1ccccc1C(C)(C)c1occ[n+]1C(C)C.CC(C)c1ccccc1N(C)c1oc2ccccc2[n+]1C(C)C.CC(C)c1ccccc1N(C)c1occ[n+]1C(C)C.CC(C)c1ccccc1Oc1oc2ccccc2[n+]1C(C)C.CC(C)c1ccccc1Oc1occ[n+]1C(C)C. The van der Waals surface area contributed by atoms with Crippen molar-refractivity contribution in [2.24, 2.45) is 0 Å². The van der Waals surface area contributed by atoms with Gasteiger partial charge in [0, 0.05) is 23.3 Å². The molecule has 0 bridgehead atoms. The lowest BCUT2D eigenvalue weighted by Gasteiger charge is -2.24. The maximum atomic E-state index is 6.38. The summed E-state index contributed by atoms with van der Waals surface area (Å²) in [6, 6.07) is 78.9. The van der Waals surface area contributed by atoms with Gasteiger partial charge in [0.1, 0.15) is 46.2 Å². The van der Waals surface area contributed by atoms with E-state index in [4.69, 9.17) is 36.0 Å². The highest BCUT2D eigenvalue weighted by Gasteiger charge is 2.43. The Labute approximate surface area is 751 Å². The molecule has 9 aromatic carbocycles. The van der Waals surface area contributed by atoms with Gasteiger partial charge in [-0.2, -0.15) is 28.1 Å². The van der Waals surface area contributed by atoms with Gasteiger partial charge >= 0.3 is 36.0 Å². The molecule has 0 N–H and O–H groups in total. The second-order valence-electron chi connectivity index (χ2n) is 37.4. The lowest BCUT2D eigenvalue weighted by Crippen LogP contribution is -2.44. The van der Waals surface area contributed by atoms with Gasteiger partial charge in [0.25, 0.3) is 11.0 Å². The van der Waals surface area contributed by atoms with Crippen molar-refractivity contribution in [3.05, 3.63) is 312 Å². The molecule has 0 saturated heterocycles. The highest BCUT2D eigenvalue weighted by molar-refractivity contribution is 5.72. The zero-order valence-electron chi connectivity index (χ0n) is 81.0. The Morgan fingerprint density at radius 2 is 0.595 bits per heavy atom. The predicted octanol–water partition coefficient (Wildman–Crippen LogP) is 28.9. The van der Waals surface area contributed by atoms with Crippen LogP contribution in [0.3, 0.4) is 0 Å². The molecule has 15 rings (SSSR count). The molecule has 6 aromatic heterocycles. The van der Waals surface area contributed by atoms with Crippen LogP contribution in [0, 0.1) is 0 Å². The molecule has 0 spiro atoms. The number of ether oxygens (including phenoxy) is 2. The van der Waals surface area contributed by atoms with Crippen molar-refractivity contribution in [1.82, 2.24) is 0 Å². The molecular weight excluding hydrogens is 1560 g/mol. The molecular formula is C110H144N8O8+6. The number of fused-ring (bicyclic) bond motifs is 3. The topological polar surface area (TPSA) is 127 Å². The molecule has 126 heavy (non-hydrogen) atoms. The third-order valence-corrected chi connectivity index (χ3v) is 23.1. The van der Waals surface area contributed by atoms with Gasteiger partial charge in [-0.1, -0.05) is 241 Å². The highest BCUT2D eigenvalue weighted by atomic mass is 16.6. The summed E-state index contributed by atoms with van der Waals surface area (Å²) in [5, 5.41) is 0. The summed E-state index contributed by atoms with van der Waals surface area (Å²) < 4.78 is 60.5. The zero-order valence-corrected chi connectivity index (χ0v) is 81.0. The van der Waals surface area contributed by atoms with Crippen LogP contribution in [-0.2, 0) is 10.8 Å². The smallest absolute Gasteiger partial charge is 0.409 e. The third kappa shape index (κ3) is 22.3. The van der Waals surface area contributed by atoms with Gasteiger partial charge in [0.05, 0.1) is 26.2 Å². The van der Waals surface area contributed by atoms with Gasteiger partial charge in [-0.05, 0) is 228 Å². The van der Waals surface area contributed by atoms with E-state index >= 15 is 0 Å². The van der Waals surface area contributed by atoms with E-state index in [0.717, 1.165) is 68.6 Å². The van der Waals surface area contributed by atoms with Crippen molar-refractivity contribution in [2.75, 3.05) is 23.9 Å². The number of nitrogens with zero attached hydrogens (tertiary/aromatic N) is 8. The summed E-state index contributed by atoms with van der Waals surface area (Å²) in [6.07, 6.45) is 12.1. The predicted molar refractivity (Wildman–Crippen MR) is 512 cm³/mol. The number of hydrogen-bond donors (Lipinski definition) is 0. The second-order valence-corrected chi connectivity index (χ2v) is 37.4. The van der Waals surface area contributed by atoms with Crippen molar-refractivity contribution < 1.29 is 63.4 Å². The Bertz CT molecular complexity index is 5950. The number of benzene rings is 9. The van der Waals surface area contributed by atoms with Gasteiger partial charge in [0.15, 0.2) is 47.8 Å². The second kappa shape index (κ2) is 42.9. The standard InChI is InChI=1S/C22H28NO.C20H25N2O.C19H22NO2.C18H26NO.C16H23N2O.C15H20NO2/c1-15(2)17-11-7-8-12-18(17)22(5,6)21-23(16(3)4)19-13-9-10-14-20(19)24-21;1-14(2)16-10-6-7-11-17(16)21(5)20-22(15(3)4)18-12-8-9-13-19(18)23-20;1-13(2)15-9-5-7-11-17(15)21-19-20(14(3)4)16-10-6-8-12-18(16)22-19;1-13(2)15-9-7-8-10-16(15)18(5,6)17-19(14(3)4)11-12-20-17;1-12(2)14-8-6-7-9-15(14)17(5)16-18(13(3)4)10-11-19-16;1-11(2)13-7-5-6-8-14(13)18-15-16(12(3)4)9-10-17-15/h7-16H,1-6H3;6-15H,1-5H3;5-14H,1-4H3;7-14H,1-6H3;6-13H,1-5H3;5-12H,1-4H3/q6*+1. The van der Waals surface area contributed by atoms with Crippen LogP contribution >= 0.6 is 0 Å². The first-order valence-corrected chi connectivity index (χ1v) is 45.5. The molecule has 0 unspecified atom stereocenters. The molecule has 0 saturated carbocycles. The zero-order chi connectivity index (χ0) is 91.8. The summed E-state index contributed by atoms with van der Waals surface area (Å²) in [4.78, 5) is 4.28. The van der Waals surface area contributed by atoms with E-state index in [9.17, 15) is 0 Å². The van der Waals surface area contributed by atoms with E-state index in [0.29, 0.717) is 77.9 Å². The number of oxazole rings is 6. The molecule has 0 amide bonds. The van der Waals surface area contributed by atoms with Crippen molar-refractivity contribution in [3.63, 3.8) is 0 Å². The number of anilines is 4. The van der Waals surface area contributed by atoms with Crippen LogP contribution in [-0.4, -0.2) is 14.1 Å². The van der Waals surface area contributed by atoms with Crippen molar-refractivity contribution >= 4 is 56.7 Å². The van der Waals surface area contributed by atoms with Crippen LogP contribution in [0.4, 0.5) is 23.4 Å². The maximum Gasteiger partial charge on any atom is 0.567 e. The Morgan fingerprint density at radius 1 is 0.270 bits per heavy atom. The van der Waals surface area contributed by atoms with Crippen LogP contribution < -0.4 is 46.7 Å². The van der Waals surface area contributed by atoms with Gasteiger partial charge in [-0.25, -0.2) is 0 Å². The fraction of sp³-hybridized carbons (Fsp3) is 0.400. The number of aromatic nitrogens is 6. The largest absolute Gasteiger partial charge is 0.567 e. The third-order valence-electron chi connectivity index (χ3n) is 23.1. The van der Waals surface area contributed by atoms with E-state index in [1.54, 1.807) is 18.8 Å². The molecule has 16 heteroatoms. The summed E-state index contributed by atoms with van der Waals surface area (Å²) in [5.74, 6) is 6.50. The van der Waals surface area contributed by atoms with Gasteiger partial charge in [-0.15, -0.1) is 9.13 Å². The van der Waals surface area contributed by atoms with E-state index in [1.807, 2.05) is 96.0 Å². The summed E-state index contributed by atoms with van der Waals surface area (Å²) in [5.41, 5.74) is 18.6. The highest BCUT2D eigenvalue weighted by Crippen LogP contribution is 2.41. The van der Waals surface area contributed by atoms with E-state index < -0.39 is 0 Å². The first-order chi connectivity index (χ1) is 59.9. The van der Waals surface area contributed by atoms with Crippen LogP contribution in [0.5, 0.6) is 23.7 Å². The average Bonchev–Trinajstić information content (AvgIpc) is 1.62. The Balaban J connectivity index is 0.000000158. The van der Waals surface area contributed by atoms with Gasteiger partial charge < -0.3 is 36.0 Å². The Morgan fingerprint density at radius 3 is 1.04 bits per heavy atom. The molecule has 16 nitrogen and oxygen atoms in total. The minimum atomic E-state index is -0.204. The Kier molecular flexibility index (Phi) is 32.9.